The number of unbranched alkanes of at least 4 members (excludes halogenated alkanes) is 2. The minimum Gasteiger partial charge on any atom is -0.465 e. The number of anilines is 1. The number of ether oxygens (including phenoxy) is 1. The predicted molar refractivity (Wildman–Crippen MR) is 96.2 cm³/mol. The maximum Gasteiger partial charge on any atom is 0.340 e. The zero-order chi connectivity index (χ0) is 18.3. The maximum absolute atomic E-state index is 12.1. The highest BCUT2D eigenvalue weighted by molar-refractivity contribution is 7.89. The summed E-state index contributed by atoms with van der Waals surface area (Å²) in [6, 6.07) is 2.68. The molecule has 0 amide bonds. The van der Waals surface area contributed by atoms with E-state index in [0.29, 0.717) is 5.69 Å². The minimum absolute atomic E-state index is 0.00171. The van der Waals surface area contributed by atoms with E-state index in [1.165, 1.54) is 19.2 Å². The summed E-state index contributed by atoms with van der Waals surface area (Å²) >= 11 is 6.11. The molecule has 0 radical (unpaired) electrons. The third-order valence-corrected chi connectivity index (χ3v) is 5.04. The van der Waals surface area contributed by atoms with Crippen molar-refractivity contribution >= 4 is 33.3 Å². The molecule has 24 heavy (non-hydrogen) atoms. The van der Waals surface area contributed by atoms with E-state index in [9.17, 15) is 13.2 Å². The van der Waals surface area contributed by atoms with Gasteiger partial charge in [0.25, 0.3) is 0 Å². The number of carbonyl (C=O) groups is 1. The molecule has 0 fully saturated rings. The lowest BCUT2D eigenvalue weighted by Crippen LogP contribution is -2.28. The number of benzene rings is 1. The van der Waals surface area contributed by atoms with E-state index < -0.39 is 16.0 Å². The fourth-order valence-electron chi connectivity index (χ4n) is 2.35. The average molecular weight is 377 g/mol. The molecular weight excluding hydrogens is 352 g/mol. The normalized spacial score (nSPS) is 11.4. The van der Waals surface area contributed by atoms with E-state index in [0.717, 1.165) is 38.8 Å². The molecule has 0 bridgehead atoms. The topological polar surface area (TPSA) is 89.7 Å². The summed E-state index contributed by atoms with van der Waals surface area (Å²) in [5.74, 6) is -0.621. The number of hydrogen-bond acceptors (Lipinski definition) is 5. The standard InChI is InChI=1S/C16H25ClN2O4S/c1-4-6-8-19(9-7-5-2)14-11-13(17)15(24(18,21)22)10-12(14)16(20)23-3/h10-11H,4-9H2,1-3H3,(H2,18,21,22). The van der Waals surface area contributed by atoms with Crippen molar-refractivity contribution < 1.29 is 17.9 Å². The van der Waals surface area contributed by atoms with Gasteiger partial charge in [0.15, 0.2) is 0 Å². The molecule has 8 heteroatoms. The van der Waals surface area contributed by atoms with Crippen molar-refractivity contribution in [1.29, 1.82) is 0 Å². The maximum atomic E-state index is 12.1. The van der Waals surface area contributed by atoms with Crippen LogP contribution in [0.3, 0.4) is 0 Å². The van der Waals surface area contributed by atoms with E-state index in [-0.39, 0.29) is 15.5 Å². The molecule has 1 rings (SSSR count). The molecule has 0 aliphatic rings. The Morgan fingerprint density at radius 3 is 2.17 bits per heavy atom. The van der Waals surface area contributed by atoms with Gasteiger partial charge in [0.1, 0.15) is 4.90 Å². The van der Waals surface area contributed by atoms with Crippen molar-refractivity contribution in [3.63, 3.8) is 0 Å². The molecule has 0 saturated heterocycles. The first-order valence-electron chi connectivity index (χ1n) is 7.95. The quantitative estimate of drug-likeness (QED) is 0.668. The number of hydrogen-bond donors (Lipinski definition) is 1. The molecule has 0 aliphatic carbocycles. The monoisotopic (exact) mass is 376 g/mol. The van der Waals surface area contributed by atoms with Crippen LogP contribution in [0.15, 0.2) is 17.0 Å². The SMILES string of the molecule is CCCCN(CCCC)c1cc(Cl)c(S(N)(=O)=O)cc1C(=O)OC. The number of nitrogens with zero attached hydrogens (tertiary/aromatic N) is 1. The van der Waals surface area contributed by atoms with E-state index >= 15 is 0 Å². The predicted octanol–water partition coefficient (Wildman–Crippen LogP) is 3.18. The minimum atomic E-state index is -4.03. The van der Waals surface area contributed by atoms with Crippen LogP contribution in [0.2, 0.25) is 5.02 Å². The van der Waals surface area contributed by atoms with E-state index in [1.807, 2.05) is 4.90 Å². The molecule has 0 unspecified atom stereocenters. The number of primary sulfonamides is 1. The Hall–Kier alpha value is -1.31. The van der Waals surface area contributed by atoms with Gasteiger partial charge in [-0.2, -0.15) is 0 Å². The van der Waals surface area contributed by atoms with Crippen LogP contribution in [0.4, 0.5) is 5.69 Å². The van der Waals surface area contributed by atoms with Gasteiger partial charge in [-0.15, -0.1) is 0 Å². The lowest BCUT2D eigenvalue weighted by Gasteiger charge is -2.27. The van der Waals surface area contributed by atoms with Crippen molar-refractivity contribution in [1.82, 2.24) is 0 Å². The third kappa shape index (κ3) is 5.36. The number of methoxy groups -OCH3 is 1. The second kappa shape index (κ2) is 9.25. The van der Waals surface area contributed by atoms with Gasteiger partial charge in [0.05, 0.1) is 23.4 Å². The van der Waals surface area contributed by atoms with Gasteiger partial charge in [-0.05, 0) is 25.0 Å². The third-order valence-electron chi connectivity index (χ3n) is 3.67. The van der Waals surface area contributed by atoms with Gasteiger partial charge < -0.3 is 9.64 Å². The first-order valence-corrected chi connectivity index (χ1v) is 9.88. The Kier molecular flexibility index (Phi) is 7.99. The highest BCUT2D eigenvalue weighted by Crippen LogP contribution is 2.31. The molecule has 0 heterocycles. The molecule has 0 saturated carbocycles. The summed E-state index contributed by atoms with van der Waals surface area (Å²) in [5, 5.41) is 5.18. The Bertz CT molecular complexity index is 669. The van der Waals surface area contributed by atoms with Crippen LogP contribution in [0.25, 0.3) is 0 Å². The number of esters is 1. The molecule has 1 aromatic rings. The fourth-order valence-corrected chi connectivity index (χ4v) is 3.44. The first-order chi connectivity index (χ1) is 11.3. The van der Waals surface area contributed by atoms with Crippen LogP contribution in [0.1, 0.15) is 49.9 Å². The van der Waals surface area contributed by atoms with E-state index in [4.69, 9.17) is 21.5 Å². The zero-order valence-corrected chi connectivity index (χ0v) is 15.9. The van der Waals surface area contributed by atoms with Gasteiger partial charge in [-0.25, -0.2) is 18.4 Å². The molecule has 0 atom stereocenters. The van der Waals surface area contributed by atoms with Crippen molar-refractivity contribution in [2.45, 2.75) is 44.4 Å². The van der Waals surface area contributed by atoms with Gasteiger partial charge in [-0.3, -0.25) is 0 Å². The Balaban J connectivity index is 3.46. The van der Waals surface area contributed by atoms with Crippen LogP contribution in [0.5, 0.6) is 0 Å². The number of halogens is 1. The number of sulfonamides is 1. The van der Waals surface area contributed by atoms with E-state index in [1.54, 1.807) is 0 Å². The molecule has 0 aromatic heterocycles. The number of nitrogens with two attached hydrogens (primary N) is 1. The largest absolute Gasteiger partial charge is 0.465 e. The Labute approximate surface area is 149 Å². The summed E-state index contributed by atoms with van der Waals surface area (Å²) in [4.78, 5) is 13.9. The molecular formula is C16H25ClN2O4S. The van der Waals surface area contributed by atoms with Crippen molar-refractivity contribution in [2.75, 3.05) is 25.1 Å². The van der Waals surface area contributed by atoms with Crippen LogP contribution < -0.4 is 10.0 Å². The summed E-state index contributed by atoms with van der Waals surface area (Å²) in [6.45, 7) is 5.64. The van der Waals surface area contributed by atoms with Gasteiger partial charge in [0, 0.05) is 13.1 Å². The molecule has 0 aliphatic heterocycles. The molecule has 0 spiro atoms. The lowest BCUT2D eigenvalue weighted by atomic mass is 10.1. The molecule has 1 aromatic carbocycles. The van der Waals surface area contributed by atoms with Crippen molar-refractivity contribution in [3.8, 4) is 0 Å². The average Bonchev–Trinajstić information content (AvgIpc) is 2.53. The van der Waals surface area contributed by atoms with Crippen LogP contribution in [-0.4, -0.2) is 34.6 Å². The number of rotatable bonds is 9. The Morgan fingerprint density at radius 2 is 1.75 bits per heavy atom. The van der Waals surface area contributed by atoms with Crippen LogP contribution in [0, 0.1) is 0 Å². The summed E-state index contributed by atoms with van der Waals surface area (Å²) < 4.78 is 28.1. The van der Waals surface area contributed by atoms with Gasteiger partial charge in [-0.1, -0.05) is 38.3 Å². The summed E-state index contributed by atoms with van der Waals surface area (Å²) in [5.41, 5.74) is 0.722. The second-order valence-electron chi connectivity index (χ2n) is 5.53. The highest BCUT2D eigenvalue weighted by atomic mass is 35.5. The molecule has 6 nitrogen and oxygen atoms in total. The van der Waals surface area contributed by atoms with Gasteiger partial charge in [0.2, 0.25) is 10.0 Å². The van der Waals surface area contributed by atoms with E-state index in [2.05, 4.69) is 13.8 Å². The zero-order valence-electron chi connectivity index (χ0n) is 14.3. The van der Waals surface area contributed by atoms with Crippen LogP contribution in [-0.2, 0) is 14.8 Å². The highest BCUT2D eigenvalue weighted by Gasteiger charge is 2.23. The smallest absolute Gasteiger partial charge is 0.340 e. The summed E-state index contributed by atoms with van der Waals surface area (Å²) in [6.07, 6.45) is 3.89. The fraction of sp³-hybridized carbons (Fsp3) is 0.562. The molecule has 136 valence electrons. The second-order valence-corrected chi connectivity index (χ2v) is 7.47. The first kappa shape index (κ1) is 20.7. The van der Waals surface area contributed by atoms with Crippen LogP contribution >= 0.6 is 11.6 Å². The summed E-state index contributed by atoms with van der Waals surface area (Å²) in [7, 11) is -2.78. The Morgan fingerprint density at radius 1 is 1.21 bits per heavy atom. The number of carbonyl (C=O) groups excluding carboxylic acids is 1. The van der Waals surface area contributed by atoms with Crippen molar-refractivity contribution in [3.05, 3.63) is 22.7 Å². The lowest BCUT2D eigenvalue weighted by molar-refractivity contribution is 0.0601. The van der Waals surface area contributed by atoms with Crippen molar-refractivity contribution in [2.24, 2.45) is 5.14 Å². The van der Waals surface area contributed by atoms with Gasteiger partial charge >= 0.3 is 5.97 Å². The molecule has 2 N–H and O–H groups in total.